The van der Waals surface area contributed by atoms with E-state index in [9.17, 15) is 4.79 Å². The van der Waals surface area contributed by atoms with Crippen molar-refractivity contribution in [3.05, 3.63) is 23.9 Å². The number of anilines is 1. The second-order valence-corrected chi connectivity index (χ2v) is 4.10. The van der Waals surface area contributed by atoms with Crippen molar-refractivity contribution in [1.82, 2.24) is 10.3 Å². The number of pyridine rings is 1. The topological polar surface area (TPSA) is 77.8 Å². The van der Waals surface area contributed by atoms with Crippen LogP contribution in [0.1, 0.15) is 19.4 Å². The Morgan fingerprint density at radius 1 is 1.53 bits per heavy atom. The molecule has 1 heterocycles. The van der Waals surface area contributed by atoms with E-state index in [4.69, 9.17) is 5.26 Å². The summed E-state index contributed by atoms with van der Waals surface area (Å²) in [5, 5.41) is 14.3. The summed E-state index contributed by atoms with van der Waals surface area (Å²) in [6, 6.07) is 5.31. The standard InChI is InChI=1S/C12H16N4O/c1-9(2)6-16-12(17)8-15-11-4-3-10(5-13)7-14-11/h3-4,7,9H,6,8H2,1-2H3,(H,14,15)(H,16,17). The Bertz CT molecular complexity index is 406. The van der Waals surface area contributed by atoms with E-state index < -0.39 is 0 Å². The quantitative estimate of drug-likeness (QED) is 0.798. The lowest BCUT2D eigenvalue weighted by molar-refractivity contribution is -0.119. The molecule has 0 radical (unpaired) electrons. The molecule has 1 amide bonds. The number of nitriles is 1. The zero-order chi connectivity index (χ0) is 12.7. The average Bonchev–Trinajstić information content (AvgIpc) is 2.34. The third-order valence-corrected chi connectivity index (χ3v) is 2.03. The van der Waals surface area contributed by atoms with Gasteiger partial charge in [-0.3, -0.25) is 4.79 Å². The van der Waals surface area contributed by atoms with Crippen molar-refractivity contribution in [2.75, 3.05) is 18.4 Å². The number of rotatable bonds is 5. The smallest absolute Gasteiger partial charge is 0.239 e. The second-order valence-electron chi connectivity index (χ2n) is 4.10. The molecule has 0 atom stereocenters. The molecule has 0 aliphatic rings. The number of aromatic nitrogens is 1. The van der Waals surface area contributed by atoms with E-state index >= 15 is 0 Å². The molecule has 0 saturated heterocycles. The van der Waals surface area contributed by atoms with Crippen LogP contribution in [0.15, 0.2) is 18.3 Å². The van der Waals surface area contributed by atoms with E-state index in [1.165, 1.54) is 6.20 Å². The van der Waals surface area contributed by atoms with Crippen molar-refractivity contribution in [1.29, 1.82) is 5.26 Å². The minimum absolute atomic E-state index is 0.0649. The molecule has 0 aliphatic heterocycles. The zero-order valence-corrected chi connectivity index (χ0v) is 10.0. The number of hydrogen-bond acceptors (Lipinski definition) is 4. The number of hydrogen-bond donors (Lipinski definition) is 2. The van der Waals surface area contributed by atoms with Crippen molar-refractivity contribution < 1.29 is 4.79 Å². The first-order valence-corrected chi connectivity index (χ1v) is 5.48. The molecule has 1 aromatic heterocycles. The Balaban J connectivity index is 2.35. The van der Waals surface area contributed by atoms with Crippen LogP contribution in [-0.2, 0) is 4.79 Å². The third-order valence-electron chi connectivity index (χ3n) is 2.03. The Labute approximate surface area is 101 Å². The number of nitrogens with zero attached hydrogens (tertiary/aromatic N) is 2. The Morgan fingerprint density at radius 3 is 2.82 bits per heavy atom. The number of carbonyl (C=O) groups is 1. The van der Waals surface area contributed by atoms with Crippen LogP contribution in [-0.4, -0.2) is 24.0 Å². The first kappa shape index (κ1) is 13.0. The second kappa shape index (κ2) is 6.48. The molecule has 1 rings (SSSR count). The molecule has 2 N–H and O–H groups in total. The Morgan fingerprint density at radius 2 is 2.29 bits per heavy atom. The highest BCUT2D eigenvalue weighted by Crippen LogP contribution is 2.03. The summed E-state index contributed by atoms with van der Waals surface area (Å²) in [6.07, 6.45) is 1.47. The molecule has 0 fully saturated rings. The molecular weight excluding hydrogens is 216 g/mol. The largest absolute Gasteiger partial charge is 0.361 e. The van der Waals surface area contributed by atoms with E-state index in [1.807, 2.05) is 19.9 Å². The van der Waals surface area contributed by atoms with Gasteiger partial charge in [0.05, 0.1) is 12.1 Å². The molecule has 0 spiro atoms. The summed E-state index contributed by atoms with van der Waals surface area (Å²) in [7, 11) is 0. The van der Waals surface area contributed by atoms with E-state index in [2.05, 4.69) is 15.6 Å². The van der Waals surface area contributed by atoms with Gasteiger partial charge >= 0.3 is 0 Å². The lowest BCUT2D eigenvalue weighted by Crippen LogP contribution is -2.32. The van der Waals surface area contributed by atoms with Crippen LogP contribution in [0.3, 0.4) is 0 Å². The maximum Gasteiger partial charge on any atom is 0.239 e. The van der Waals surface area contributed by atoms with Crippen molar-refractivity contribution in [2.45, 2.75) is 13.8 Å². The van der Waals surface area contributed by atoms with Crippen LogP contribution in [0.25, 0.3) is 0 Å². The van der Waals surface area contributed by atoms with Crippen LogP contribution in [0, 0.1) is 17.2 Å². The van der Waals surface area contributed by atoms with Gasteiger partial charge in [-0.1, -0.05) is 13.8 Å². The van der Waals surface area contributed by atoms with Crippen molar-refractivity contribution in [3.8, 4) is 6.07 Å². The molecule has 17 heavy (non-hydrogen) atoms. The third kappa shape index (κ3) is 4.98. The van der Waals surface area contributed by atoms with E-state index in [1.54, 1.807) is 12.1 Å². The Hall–Kier alpha value is -2.09. The monoisotopic (exact) mass is 232 g/mol. The molecule has 5 nitrogen and oxygen atoms in total. The van der Waals surface area contributed by atoms with Crippen LogP contribution in [0.2, 0.25) is 0 Å². The van der Waals surface area contributed by atoms with Gasteiger partial charge in [-0.25, -0.2) is 4.98 Å². The highest BCUT2D eigenvalue weighted by Gasteiger charge is 2.02. The normalized spacial score (nSPS) is 9.76. The van der Waals surface area contributed by atoms with Crippen LogP contribution < -0.4 is 10.6 Å². The fraction of sp³-hybridized carbons (Fsp3) is 0.417. The molecular formula is C12H16N4O. The highest BCUT2D eigenvalue weighted by atomic mass is 16.1. The van der Waals surface area contributed by atoms with Crippen LogP contribution in [0.5, 0.6) is 0 Å². The minimum atomic E-state index is -0.0649. The van der Waals surface area contributed by atoms with E-state index in [0.29, 0.717) is 23.8 Å². The van der Waals surface area contributed by atoms with Crippen molar-refractivity contribution in [3.63, 3.8) is 0 Å². The molecule has 0 bridgehead atoms. The number of carbonyl (C=O) groups excluding carboxylic acids is 1. The first-order chi connectivity index (χ1) is 8.11. The van der Waals surface area contributed by atoms with Crippen molar-refractivity contribution in [2.24, 2.45) is 5.92 Å². The fourth-order valence-electron chi connectivity index (χ4n) is 1.12. The molecule has 0 aliphatic carbocycles. The van der Waals surface area contributed by atoms with Crippen LogP contribution in [0.4, 0.5) is 5.82 Å². The van der Waals surface area contributed by atoms with Gasteiger partial charge in [-0.05, 0) is 18.1 Å². The van der Waals surface area contributed by atoms with Gasteiger partial charge in [-0.15, -0.1) is 0 Å². The predicted molar refractivity (Wildman–Crippen MR) is 65.3 cm³/mol. The highest BCUT2D eigenvalue weighted by molar-refractivity contribution is 5.80. The van der Waals surface area contributed by atoms with Gasteiger partial charge < -0.3 is 10.6 Å². The van der Waals surface area contributed by atoms with Gasteiger partial charge in [0.2, 0.25) is 5.91 Å². The fourth-order valence-corrected chi connectivity index (χ4v) is 1.12. The predicted octanol–water partition coefficient (Wildman–Crippen LogP) is 1.14. The summed E-state index contributed by atoms with van der Waals surface area (Å²) >= 11 is 0. The SMILES string of the molecule is CC(C)CNC(=O)CNc1ccc(C#N)cn1. The van der Waals surface area contributed by atoms with E-state index in [-0.39, 0.29) is 12.5 Å². The molecule has 0 saturated carbocycles. The molecule has 0 unspecified atom stereocenters. The molecule has 90 valence electrons. The number of amides is 1. The number of nitrogens with one attached hydrogen (secondary N) is 2. The summed E-state index contributed by atoms with van der Waals surface area (Å²) in [4.78, 5) is 15.4. The van der Waals surface area contributed by atoms with Crippen molar-refractivity contribution >= 4 is 11.7 Å². The lowest BCUT2D eigenvalue weighted by atomic mass is 10.2. The van der Waals surface area contributed by atoms with E-state index in [0.717, 1.165) is 0 Å². The summed E-state index contributed by atoms with van der Waals surface area (Å²) in [5.74, 6) is 0.959. The van der Waals surface area contributed by atoms with Gasteiger partial charge in [0.15, 0.2) is 0 Å². The molecule has 1 aromatic rings. The lowest BCUT2D eigenvalue weighted by Gasteiger charge is -2.08. The summed E-state index contributed by atoms with van der Waals surface area (Å²) in [6.45, 7) is 4.93. The summed E-state index contributed by atoms with van der Waals surface area (Å²) < 4.78 is 0. The van der Waals surface area contributed by atoms with Gasteiger partial charge in [0, 0.05) is 12.7 Å². The minimum Gasteiger partial charge on any atom is -0.361 e. The maximum absolute atomic E-state index is 11.4. The molecule has 5 heteroatoms. The van der Waals surface area contributed by atoms with Gasteiger partial charge in [0.1, 0.15) is 11.9 Å². The summed E-state index contributed by atoms with van der Waals surface area (Å²) in [5.41, 5.74) is 0.500. The average molecular weight is 232 g/mol. The van der Waals surface area contributed by atoms with Gasteiger partial charge in [-0.2, -0.15) is 5.26 Å². The van der Waals surface area contributed by atoms with Crippen LogP contribution >= 0.6 is 0 Å². The maximum atomic E-state index is 11.4. The molecule has 0 aromatic carbocycles. The zero-order valence-electron chi connectivity index (χ0n) is 10.0. The van der Waals surface area contributed by atoms with Gasteiger partial charge in [0.25, 0.3) is 0 Å². The first-order valence-electron chi connectivity index (χ1n) is 5.48. The Kier molecular flexibility index (Phi) is 4.95.